The summed E-state index contributed by atoms with van der Waals surface area (Å²) >= 11 is 1.50. The molecule has 0 radical (unpaired) electrons. The van der Waals surface area contributed by atoms with Crippen molar-refractivity contribution in [3.8, 4) is 11.3 Å². The zero-order valence-corrected chi connectivity index (χ0v) is 19.6. The van der Waals surface area contributed by atoms with Gasteiger partial charge in [-0.3, -0.25) is 19.7 Å². The molecule has 0 atom stereocenters. The molecule has 0 unspecified atom stereocenters. The van der Waals surface area contributed by atoms with Crippen LogP contribution in [0.4, 0.5) is 5.13 Å². The van der Waals surface area contributed by atoms with Crippen LogP contribution in [0.2, 0.25) is 0 Å². The summed E-state index contributed by atoms with van der Waals surface area (Å²) < 4.78 is 8.25. The molecule has 0 bridgehead atoms. The van der Waals surface area contributed by atoms with Crippen molar-refractivity contribution < 1.29 is 9.21 Å². The average Bonchev–Trinajstić information content (AvgIpc) is 3.58. The maximum Gasteiger partial charge on any atom is 0.291 e. The normalized spacial score (nSPS) is 11.1. The van der Waals surface area contributed by atoms with E-state index < -0.39 is 5.91 Å². The van der Waals surface area contributed by atoms with Gasteiger partial charge in [0.2, 0.25) is 0 Å². The molecule has 5 aromatic rings. The van der Waals surface area contributed by atoms with Crippen molar-refractivity contribution in [1.29, 1.82) is 0 Å². The molecule has 10 heteroatoms. The first-order chi connectivity index (χ1) is 16.4. The molecule has 0 saturated carbocycles. The Balaban J connectivity index is 1.41. The van der Waals surface area contributed by atoms with E-state index in [9.17, 15) is 9.59 Å². The van der Waals surface area contributed by atoms with Crippen molar-refractivity contribution in [2.24, 2.45) is 7.05 Å². The topological polar surface area (TPSA) is 107 Å². The number of aryl methyl sites for hydroxylation is 2. The zero-order chi connectivity index (χ0) is 23.8. The fourth-order valence-corrected chi connectivity index (χ4v) is 4.58. The van der Waals surface area contributed by atoms with Crippen LogP contribution >= 0.6 is 11.3 Å². The van der Waals surface area contributed by atoms with Gasteiger partial charge in [0.05, 0.1) is 23.9 Å². The number of furan rings is 1. The van der Waals surface area contributed by atoms with Crippen LogP contribution in [0.5, 0.6) is 0 Å². The Morgan fingerprint density at radius 2 is 1.94 bits per heavy atom. The summed E-state index contributed by atoms with van der Waals surface area (Å²) in [5, 5.41) is 11.2. The van der Waals surface area contributed by atoms with Gasteiger partial charge >= 0.3 is 0 Å². The van der Waals surface area contributed by atoms with Crippen molar-refractivity contribution in [1.82, 2.24) is 19.4 Å². The minimum absolute atomic E-state index is 0.185. The van der Waals surface area contributed by atoms with E-state index in [1.165, 1.54) is 23.1 Å². The van der Waals surface area contributed by atoms with Crippen LogP contribution in [0.1, 0.15) is 27.6 Å². The lowest BCUT2D eigenvalue weighted by Crippen LogP contribution is -2.29. The first-order valence-electron chi connectivity index (χ1n) is 10.6. The average molecular weight is 475 g/mol. The molecule has 4 heterocycles. The van der Waals surface area contributed by atoms with Crippen molar-refractivity contribution in [3.63, 3.8) is 0 Å². The van der Waals surface area contributed by atoms with E-state index in [0.29, 0.717) is 17.3 Å². The third-order valence-electron chi connectivity index (χ3n) is 5.59. The quantitative estimate of drug-likeness (QED) is 0.384. The summed E-state index contributed by atoms with van der Waals surface area (Å²) in [6, 6.07) is 12.7. The highest BCUT2D eigenvalue weighted by molar-refractivity contribution is 7.14. The molecule has 0 saturated heterocycles. The summed E-state index contributed by atoms with van der Waals surface area (Å²) in [7, 11) is 1.54. The fourth-order valence-electron chi connectivity index (χ4n) is 3.87. The number of benzene rings is 1. The number of nitrogens with one attached hydrogen (secondary N) is 2. The number of carbonyl (C=O) groups excluding carboxylic acids is 1. The number of hydrogen-bond acceptors (Lipinski definition) is 7. The van der Waals surface area contributed by atoms with Crippen LogP contribution in [-0.2, 0) is 13.6 Å². The number of aromatic nitrogens is 4. The Bertz CT molecular complexity index is 1560. The largest absolute Gasteiger partial charge is 0.467 e. The Kier molecular flexibility index (Phi) is 5.50. The van der Waals surface area contributed by atoms with Crippen LogP contribution in [0.25, 0.3) is 22.0 Å². The number of amides is 1. The minimum atomic E-state index is -0.403. The molecule has 0 spiro atoms. The maximum absolute atomic E-state index is 13.2. The molecule has 9 nitrogen and oxygen atoms in total. The molecule has 0 aliphatic heterocycles. The summed E-state index contributed by atoms with van der Waals surface area (Å²) in [6.07, 6.45) is 1.64. The molecule has 5 rings (SSSR count). The number of rotatable bonds is 6. The Morgan fingerprint density at radius 3 is 2.71 bits per heavy atom. The smallest absolute Gasteiger partial charge is 0.291 e. The zero-order valence-electron chi connectivity index (χ0n) is 18.8. The van der Waals surface area contributed by atoms with Gasteiger partial charge in [0.1, 0.15) is 5.76 Å². The second-order valence-electron chi connectivity index (χ2n) is 7.85. The van der Waals surface area contributed by atoms with Gasteiger partial charge in [0, 0.05) is 34.8 Å². The van der Waals surface area contributed by atoms with Crippen molar-refractivity contribution in [2.45, 2.75) is 20.4 Å². The minimum Gasteiger partial charge on any atom is -0.467 e. The number of thiazole rings is 1. The lowest BCUT2D eigenvalue weighted by atomic mass is 10.1. The van der Waals surface area contributed by atoms with Crippen molar-refractivity contribution in [2.75, 3.05) is 10.7 Å². The number of carbonyl (C=O) groups is 1. The molecule has 0 aliphatic rings. The number of fused-ring (bicyclic) bond motifs is 1. The molecular formula is C24H22N6O3S. The molecular weight excluding hydrogens is 452 g/mol. The third-order valence-corrected chi connectivity index (χ3v) is 6.39. The van der Waals surface area contributed by atoms with Gasteiger partial charge in [0.15, 0.2) is 10.8 Å². The monoisotopic (exact) mass is 474 g/mol. The predicted molar refractivity (Wildman–Crippen MR) is 132 cm³/mol. The number of hydrogen-bond donors (Lipinski definition) is 2. The Labute approximate surface area is 198 Å². The lowest BCUT2D eigenvalue weighted by molar-refractivity contribution is 0.100. The van der Waals surface area contributed by atoms with E-state index in [1.807, 2.05) is 37.4 Å². The first kappa shape index (κ1) is 21.7. The van der Waals surface area contributed by atoms with E-state index in [1.54, 1.807) is 35.2 Å². The molecule has 1 amide bonds. The number of nitrogens with zero attached hydrogens (tertiary/aromatic N) is 4. The standard InChI is InChI=1S/C24H22N6O3S/c1-14-11-19(20-13-34-24(26-20)25-12-16-7-6-10-33-16)15(2)30(14)28-22(31)21-17-8-4-5-9-18(17)23(32)29(3)27-21/h4-11,13H,12H2,1-3H3,(H,25,26)(H,28,31). The van der Waals surface area contributed by atoms with Crippen LogP contribution in [0, 0.1) is 13.8 Å². The highest BCUT2D eigenvalue weighted by Gasteiger charge is 2.19. The second kappa shape index (κ2) is 8.64. The van der Waals surface area contributed by atoms with Gasteiger partial charge in [0.25, 0.3) is 11.5 Å². The second-order valence-corrected chi connectivity index (χ2v) is 8.71. The highest BCUT2D eigenvalue weighted by Crippen LogP contribution is 2.30. The van der Waals surface area contributed by atoms with Gasteiger partial charge in [-0.2, -0.15) is 5.10 Å². The van der Waals surface area contributed by atoms with E-state index >= 15 is 0 Å². The molecule has 0 fully saturated rings. The number of anilines is 1. The van der Waals surface area contributed by atoms with Gasteiger partial charge in [-0.05, 0) is 38.1 Å². The van der Waals surface area contributed by atoms with E-state index in [-0.39, 0.29) is 11.3 Å². The van der Waals surface area contributed by atoms with Crippen LogP contribution < -0.4 is 16.3 Å². The van der Waals surface area contributed by atoms with Crippen LogP contribution in [0.3, 0.4) is 0 Å². The van der Waals surface area contributed by atoms with Crippen molar-refractivity contribution in [3.05, 3.63) is 87.3 Å². The van der Waals surface area contributed by atoms with Gasteiger partial charge < -0.3 is 9.73 Å². The van der Waals surface area contributed by atoms with E-state index in [4.69, 9.17) is 4.42 Å². The fraction of sp³-hybridized carbons (Fsp3) is 0.167. The molecule has 172 valence electrons. The first-order valence-corrected chi connectivity index (χ1v) is 11.5. The van der Waals surface area contributed by atoms with Gasteiger partial charge in [-0.1, -0.05) is 18.2 Å². The summed E-state index contributed by atoms with van der Waals surface area (Å²) in [5.41, 5.74) is 6.26. The third kappa shape index (κ3) is 3.88. The summed E-state index contributed by atoms with van der Waals surface area (Å²) in [4.78, 5) is 30.3. The summed E-state index contributed by atoms with van der Waals surface area (Å²) in [5.74, 6) is 0.427. The predicted octanol–water partition coefficient (Wildman–Crippen LogP) is 4.06. The maximum atomic E-state index is 13.2. The van der Waals surface area contributed by atoms with E-state index in [2.05, 4.69) is 20.8 Å². The van der Waals surface area contributed by atoms with Gasteiger partial charge in [-0.25, -0.2) is 9.67 Å². The molecule has 4 aromatic heterocycles. The molecule has 0 aliphatic carbocycles. The van der Waals surface area contributed by atoms with E-state index in [0.717, 1.165) is 33.5 Å². The molecule has 2 N–H and O–H groups in total. The lowest BCUT2D eigenvalue weighted by Gasteiger charge is -2.13. The SMILES string of the molecule is Cc1cc(-c2csc(NCc3ccco3)n2)c(C)n1NC(=O)c1nn(C)c(=O)c2ccccc12. The van der Waals surface area contributed by atoms with Crippen molar-refractivity contribution >= 4 is 33.1 Å². The summed E-state index contributed by atoms with van der Waals surface area (Å²) in [6.45, 7) is 4.38. The molecule has 34 heavy (non-hydrogen) atoms. The Hall–Kier alpha value is -4.18. The van der Waals surface area contributed by atoms with Crippen LogP contribution in [0.15, 0.2) is 63.3 Å². The van der Waals surface area contributed by atoms with Gasteiger partial charge in [-0.15, -0.1) is 11.3 Å². The Morgan fingerprint density at radius 1 is 1.15 bits per heavy atom. The molecule has 1 aromatic carbocycles. The van der Waals surface area contributed by atoms with Crippen LogP contribution in [-0.4, -0.2) is 25.3 Å². The highest BCUT2D eigenvalue weighted by atomic mass is 32.1.